The highest BCUT2D eigenvalue weighted by molar-refractivity contribution is 6.42. The maximum absolute atomic E-state index is 13.6. The molecule has 5 rings (SSSR count). The number of amides is 2. The summed E-state index contributed by atoms with van der Waals surface area (Å²) in [5, 5.41) is 8.91. The minimum Gasteiger partial charge on any atom is -0.370 e. The van der Waals surface area contributed by atoms with Crippen LogP contribution >= 0.6 is 23.2 Å². The van der Waals surface area contributed by atoms with Crippen molar-refractivity contribution >= 4 is 35.0 Å². The van der Waals surface area contributed by atoms with Gasteiger partial charge in [-0.25, -0.2) is 4.68 Å². The molecule has 7 nitrogen and oxygen atoms in total. The van der Waals surface area contributed by atoms with Crippen LogP contribution in [0.2, 0.25) is 10.0 Å². The number of nitrogens with one attached hydrogen (secondary N) is 1. The molecule has 0 bridgehead atoms. The van der Waals surface area contributed by atoms with Gasteiger partial charge in [0.15, 0.2) is 0 Å². The standard InChI is InChI=1S/C31H31Cl2N5O2/c1-18-6-8-19(9-7-18)26(16-29(34)39)36-30(40)23-14-22(31(23,2)3)28-15-27(20-5-4-12-35-17-20)37-38(28)21-10-11-24(32)25(33)13-21/h4-13,15,17,22-23,26H,14,16H2,1-3H3,(H2,34,39)(H,36,40)/t22-,23-,26?/m1/s1. The number of hydrogen-bond donors (Lipinski definition) is 2. The summed E-state index contributed by atoms with van der Waals surface area (Å²) in [7, 11) is 0. The van der Waals surface area contributed by atoms with Gasteiger partial charge in [-0.15, -0.1) is 0 Å². The quantitative estimate of drug-likeness (QED) is 0.253. The number of carbonyl (C=O) groups excluding carboxylic acids is 2. The van der Waals surface area contributed by atoms with Crippen LogP contribution in [0, 0.1) is 18.3 Å². The van der Waals surface area contributed by atoms with Crippen LogP contribution in [-0.2, 0) is 9.59 Å². The molecule has 3 N–H and O–H groups in total. The highest BCUT2D eigenvalue weighted by atomic mass is 35.5. The fourth-order valence-corrected chi connectivity index (χ4v) is 5.81. The molecular weight excluding hydrogens is 545 g/mol. The van der Waals surface area contributed by atoms with E-state index < -0.39 is 17.4 Å². The van der Waals surface area contributed by atoms with Crippen LogP contribution in [0.15, 0.2) is 73.1 Å². The molecule has 1 unspecified atom stereocenters. The van der Waals surface area contributed by atoms with Crippen molar-refractivity contribution in [3.05, 3.63) is 99.9 Å². The molecule has 9 heteroatoms. The van der Waals surface area contributed by atoms with E-state index in [2.05, 4.69) is 30.2 Å². The number of aryl methyl sites for hydroxylation is 1. The molecule has 40 heavy (non-hydrogen) atoms. The molecule has 1 saturated carbocycles. The Kier molecular flexibility index (Phi) is 7.71. The van der Waals surface area contributed by atoms with Gasteiger partial charge in [-0.1, -0.05) is 66.9 Å². The van der Waals surface area contributed by atoms with Gasteiger partial charge in [0, 0.05) is 35.5 Å². The van der Waals surface area contributed by atoms with Gasteiger partial charge in [0.05, 0.1) is 33.9 Å². The molecule has 206 valence electrons. The summed E-state index contributed by atoms with van der Waals surface area (Å²) in [6, 6.07) is 18.6. The highest BCUT2D eigenvalue weighted by Crippen LogP contribution is 2.57. The Morgan fingerprint density at radius 1 is 1.10 bits per heavy atom. The summed E-state index contributed by atoms with van der Waals surface area (Å²) >= 11 is 12.6. The van der Waals surface area contributed by atoms with Gasteiger partial charge in [-0.3, -0.25) is 14.6 Å². The maximum Gasteiger partial charge on any atom is 0.224 e. The lowest BCUT2D eigenvalue weighted by atomic mass is 9.53. The minimum absolute atomic E-state index is 0.0317. The fraction of sp³-hybridized carbons (Fsp3) is 0.290. The molecule has 2 heterocycles. The minimum atomic E-state index is -0.487. The molecule has 0 spiro atoms. The lowest BCUT2D eigenvalue weighted by Crippen LogP contribution is -2.52. The number of nitrogens with two attached hydrogens (primary N) is 1. The Hall–Kier alpha value is -3.68. The third-order valence-corrected chi connectivity index (χ3v) is 8.72. The third kappa shape index (κ3) is 5.49. The second kappa shape index (κ2) is 11.1. The van der Waals surface area contributed by atoms with Crippen LogP contribution in [0.5, 0.6) is 0 Å². The van der Waals surface area contributed by atoms with E-state index in [1.807, 2.05) is 54.1 Å². The van der Waals surface area contributed by atoms with Crippen LogP contribution in [-0.4, -0.2) is 26.6 Å². The van der Waals surface area contributed by atoms with E-state index in [1.165, 1.54) is 0 Å². The fourth-order valence-electron chi connectivity index (χ4n) is 5.52. The number of benzene rings is 2. The molecule has 4 aromatic rings. The van der Waals surface area contributed by atoms with E-state index >= 15 is 0 Å². The third-order valence-electron chi connectivity index (χ3n) is 7.98. The number of primary amides is 1. The Morgan fingerprint density at radius 2 is 1.85 bits per heavy atom. The summed E-state index contributed by atoms with van der Waals surface area (Å²) in [6.07, 6.45) is 4.15. The number of halogens is 2. The number of carbonyl (C=O) groups is 2. The van der Waals surface area contributed by atoms with Crippen molar-refractivity contribution in [2.24, 2.45) is 17.1 Å². The van der Waals surface area contributed by atoms with Crippen molar-refractivity contribution in [3.8, 4) is 16.9 Å². The highest BCUT2D eigenvalue weighted by Gasteiger charge is 2.53. The second-order valence-electron chi connectivity index (χ2n) is 11.0. The second-order valence-corrected chi connectivity index (χ2v) is 11.8. The van der Waals surface area contributed by atoms with E-state index in [9.17, 15) is 9.59 Å². The predicted molar refractivity (Wildman–Crippen MR) is 157 cm³/mol. The molecule has 0 aliphatic heterocycles. The zero-order valence-electron chi connectivity index (χ0n) is 22.6. The Labute approximate surface area is 243 Å². The summed E-state index contributed by atoms with van der Waals surface area (Å²) < 4.78 is 1.88. The predicted octanol–water partition coefficient (Wildman–Crippen LogP) is 6.41. The van der Waals surface area contributed by atoms with E-state index in [0.717, 1.165) is 33.8 Å². The average molecular weight is 577 g/mol. The van der Waals surface area contributed by atoms with E-state index in [0.29, 0.717) is 16.5 Å². The molecule has 1 fully saturated rings. The first-order valence-corrected chi connectivity index (χ1v) is 13.9. The van der Waals surface area contributed by atoms with Crippen molar-refractivity contribution < 1.29 is 9.59 Å². The molecule has 2 amide bonds. The number of hydrogen-bond acceptors (Lipinski definition) is 4. The van der Waals surface area contributed by atoms with Crippen molar-refractivity contribution in [2.75, 3.05) is 0 Å². The maximum atomic E-state index is 13.6. The average Bonchev–Trinajstić information content (AvgIpc) is 3.34. The van der Waals surface area contributed by atoms with Crippen LogP contribution in [0.4, 0.5) is 0 Å². The summed E-state index contributed by atoms with van der Waals surface area (Å²) in [4.78, 5) is 29.7. The summed E-state index contributed by atoms with van der Waals surface area (Å²) in [5.74, 6) is -0.798. The van der Waals surface area contributed by atoms with Gasteiger partial charge in [0.1, 0.15) is 0 Å². The molecule has 0 saturated heterocycles. The van der Waals surface area contributed by atoms with E-state index in [4.69, 9.17) is 34.0 Å². The largest absolute Gasteiger partial charge is 0.370 e. The number of nitrogens with zero attached hydrogens (tertiary/aromatic N) is 3. The zero-order chi connectivity index (χ0) is 28.6. The van der Waals surface area contributed by atoms with E-state index in [1.54, 1.807) is 24.5 Å². The number of pyridine rings is 1. The SMILES string of the molecule is Cc1ccc(C(CC(N)=O)NC(=O)[C@H]2C[C@H](c3cc(-c4cccnc4)nn3-c3ccc(Cl)c(Cl)c3)C2(C)C)cc1. The molecule has 3 atom stereocenters. The van der Waals surface area contributed by atoms with Gasteiger partial charge < -0.3 is 11.1 Å². The van der Waals surface area contributed by atoms with Crippen LogP contribution in [0.1, 0.15) is 55.5 Å². The first-order chi connectivity index (χ1) is 19.0. The topological polar surface area (TPSA) is 103 Å². The summed E-state index contributed by atoms with van der Waals surface area (Å²) in [5.41, 5.74) is 10.5. The van der Waals surface area contributed by atoms with Gasteiger partial charge in [0.25, 0.3) is 0 Å². The van der Waals surface area contributed by atoms with Gasteiger partial charge in [0.2, 0.25) is 11.8 Å². The normalized spacial score (nSPS) is 18.5. The lowest BCUT2D eigenvalue weighted by molar-refractivity contribution is -0.137. The van der Waals surface area contributed by atoms with Gasteiger partial charge >= 0.3 is 0 Å². The molecule has 1 aliphatic carbocycles. The van der Waals surface area contributed by atoms with E-state index in [-0.39, 0.29) is 24.2 Å². The smallest absolute Gasteiger partial charge is 0.224 e. The Balaban J connectivity index is 1.44. The number of aromatic nitrogens is 3. The lowest BCUT2D eigenvalue weighted by Gasteiger charge is -2.51. The number of rotatable bonds is 8. The Morgan fingerprint density at radius 3 is 2.48 bits per heavy atom. The van der Waals surface area contributed by atoms with Gasteiger partial charge in [-0.05, 0) is 60.7 Å². The van der Waals surface area contributed by atoms with Crippen LogP contribution in [0.25, 0.3) is 16.9 Å². The van der Waals surface area contributed by atoms with Crippen LogP contribution < -0.4 is 11.1 Å². The monoisotopic (exact) mass is 575 g/mol. The molecular formula is C31H31Cl2N5O2. The molecule has 2 aromatic heterocycles. The first-order valence-electron chi connectivity index (χ1n) is 13.2. The molecule has 2 aromatic carbocycles. The van der Waals surface area contributed by atoms with Crippen LogP contribution in [0.3, 0.4) is 0 Å². The molecule has 1 aliphatic rings. The van der Waals surface area contributed by atoms with Gasteiger partial charge in [-0.2, -0.15) is 5.10 Å². The Bertz CT molecular complexity index is 1550. The van der Waals surface area contributed by atoms with Crippen molar-refractivity contribution in [1.29, 1.82) is 0 Å². The van der Waals surface area contributed by atoms with Crippen molar-refractivity contribution in [2.45, 2.75) is 45.6 Å². The summed E-state index contributed by atoms with van der Waals surface area (Å²) in [6.45, 7) is 6.18. The molecule has 0 radical (unpaired) electrons. The zero-order valence-corrected chi connectivity index (χ0v) is 24.1. The van der Waals surface area contributed by atoms with Crippen molar-refractivity contribution in [1.82, 2.24) is 20.1 Å². The first kappa shape index (κ1) is 27.9. The van der Waals surface area contributed by atoms with Crippen molar-refractivity contribution in [3.63, 3.8) is 0 Å².